The van der Waals surface area contributed by atoms with Gasteiger partial charge < -0.3 is 0 Å². The van der Waals surface area contributed by atoms with Crippen molar-refractivity contribution >= 4 is 0 Å². The molecule has 0 aliphatic heterocycles. The smallest absolute Gasteiger partial charge is 0.247 e. The van der Waals surface area contributed by atoms with E-state index in [4.69, 9.17) is 19.3 Å². The fourth-order valence-corrected chi connectivity index (χ4v) is 1.79. The molecule has 21 heavy (non-hydrogen) atoms. The standard InChI is InChI=1S/C15H15N3O3/c1-4-7-10-16-13(19)17(11-8-5-2)15(21)18(14(16)20)12-9-6-3/h1-3H,7-12H2. The Morgan fingerprint density at radius 3 is 1.05 bits per heavy atom. The van der Waals surface area contributed by atoms with Gasteiger partial charge in [-0.25, -0.2) is 28.1 Å². The monoisotopic (exact) mass is 285 g/mol. The third-order valence-corrected chi connectivity index (χ3v) is 2.82. The van der Waals surface area contributed by atoms with E-state index in [1.807, 2.05) is 0 Å². The summed E-state index contributed by atoms with van der Waals surface area (Å²) in [6, 6.07) is 0. The third-order valence-electron chi connectivity index (χ3n) is 2.82. The Labute approximate surface area is 122 Å². The van der Waals surface area contributed by atoms with Crippen molar-refractivity contribution in [2.45, 2.75) is 38.9 Å². The lowest BCUT2D eigenvalue weighted by Gasteiger charge is -2.11. The first-order chi connectivity index (χ1) is 10.1. The minimum Gasteiger partial charge on any atom is -0.247 e. The molecule has 0 fully saturated rings. The van der Waals surface area contributed by atoms with Crippen LogP contribution in [0.4, 0.5) is 0 Å². The maximum absolute atomic E-state index is 12.2. The highest BCUT2D eigenvalue weighted by atomic mass is 16.2. The summed E-state index contributed by atoms with van der Waals surface area (Å²) in [4.78, 5) is 36.6. The Bertz CT molecular complexity index is 664. The Morgan fingerprint density at radius 1 is 0.619 bits per heavy atom. The second-order valence-electron chi connectivity index (χ2n) is 4.17. The zero-order valence-corrected chi connectivity index (χ0v) is 11.5. The molecule has 0 saturated carbocycles. The summed E-state index contributed by atoms with van der Waals surface area (Å²) in [5.74, 6) is 7.05. The van der Waals surface area contributed by atoms with Gasteiger partial charge >= 0.3 is 17.1 Å². The lowest BCUT2D eigenvalue weighted by molar-refractivity contribution is 0.453. The predicted molar refractivity (Wildman–Crippen MR) is 79.6 cm³/mol. The van der Waals surface area contributed by atoms with Crippen molar-refractivity contribution in [3.8, 4) is 37.0 Å². The van der Waals surface area contributed by atoms with Gasteiger partial charge in [0, 0.05) is 38.9 Å². The van der Waals surface area contributed by atoms with Crippen molar-refractivity contribution in [1.29, 1.82) is 0 Å². The van der Waals surface area contributed by atoms with Gasteiger partial charge in [0.15, 0.2) is 0 Å². The van der Waals surface area contributed by atoms with Gasteiger partial charge in [-0.05, 0) is 0 Å². The first-order valence-electron chi connectivity index (χ1n) is 6.33. The highest BCUT2D eigenvalue weighted by Crippen LogP contribution is 1.85. The quantitative estimate of drug-likeness (QED) is 0.645. The van der Waals surface area contributed by atoms with E-state index in [2.05, 4.69) is 17.8 Å². The van der Waals surface area contributed by atoms with Crippen LogP contribution in [0.15, 0.2) is 14.4 Å². The Morgan fingerprint density at radius 2 is 0.857 bits per heavy atom. The van der Waals surface area contributed by atoms with Crippen LogP contribution < -0.4 is 17.1 Å². The van der Waals surface area contributed by atoms with E-state index in [9.17, 15) is 14.4 Å². The lowest BCUT2D eigenvalue weighted by Crippen LogP contribution is -2.54. The van der Waals surface area contributed by atoms with Crippen molar-refractivity contribution in [3.63, 3.8) is 0 Å². The molecule has 0 radical (unpaired) electrons. The van der Waals surface area contributed by atoms with E-state index in [1.54, 1.807) is 0 Å². The maximum atomic E-state index is 12.2. The van der Waals surface area contributed by atoms with Gasteiger partial charge in [-0.15, -0.1) is 37.0 Å². The van der Waals surface area contributed by atoms with Crippen molar-refractivity contribution in [2.24, 2.45) is 0 Å². The van der Waals surface area contributed by atoms with Crippen LogP contribution in [0.5, 0.6) is 0 Å². The Kier molecular flexibility index (Phi) is 5.86. The summed E-state index contributed by atoms with van der Waals surface area (Å²) >= 11 is 0. The van der Waals surface area contributed by atoms with Gasteiger partial charge in [-0.3, -0.25) is 0 Å². The van der Waals surface area contributed by atoms with E-state index < -0.39 is 17.1 Å². The van der Waals surface area contributed by atoms with Gasteiger partial charge in [0.25, 0.3) is 0 Å². The first kappa shape index (κ1) is 16.1. The molecular formula is C15H15N3O3. The average Bonchev–Trinajstić information content (AvgIpc) is 2.47. The molecule has 0 spiro atoms. The van der Waals surface area contributed by atoms with Crippen LogP contribution in [0.25, 0.3) is 0 Å². The number of hydrogen-bond acceptors (Lipinski definition) is 3. The molecule has 0 amide bonds. The van der Waals surface area contributed by atoms with E-state index in [0.29, 0.717) is 0 Å². The second-order valence-corrected chi connectivity index (χ2v) is 4.17. The topological polar surface area (TPSA) is 66.0 Å². The summed E-state index contributed by atoms with van der Waals surface area (Å²) in [6.45, 7) is 0.127. The molecule has 1 aromatic heterocycles. The number of terminal acetylenes is 3. The molecule has 1 aromatic rings. The number of aromatic nitrogens is 3. The Balaban J connectivity index is 3.52. The van der Waals surface area contributed by atoms with Crippen LogP contribution in [-0.2, 0) is 19.6 Å². The minimum absolute atomic E-state index is 0.0422. The van der Waals surface area contributed by atoms with Crippen LogP contribution >= 0.6 is 0 Å². The van der Waals surface area contributed by atoms with Crippen LogP contribution in [0.2, 0.25) is 0 Å². The predicted octanol–water partition coefficient (Wildman–Crippen LogP) is -0.758. The molecule has 0 N–H and O–H groups in total. The molecule has 0 aliphatic carbocycles. The molecule has 108 valence electrons. The zero-order chi connectivity index (χ0) is 15.8. The fraction of sp³-hybridized carbons (Fsp3) is 0.400. The molecule has 0 unspecified atom stereocenters. The normalized spacial score (nSPS) is 9.57. The molecule has 1 heterocycles. The average molecular weight is 285 g/mol. The summed E-state index contributed by atoms with van der Waals surface area (Å²) in [5.41, 5.74) is -2.10. The van der Waals surface area contributed by atoms with Crippen molar-refractivity contribution < 1.29 is 0 Å². The van der Waals surface area contributed by atoms with Crippen LogP contribution in [-0.4, -0.2) is 13.7 Å². The highest BCUT2D eigenvalue weighted by molar-refractivity contribution is 4.89. The maximum Gasteiger partial charge on any atom is 0.336 e. The molecule has 0 atom stereocenters. The molecule has 0 aromatic carbocycles. The van der Waals surface area contributed by atoms with Crippen molar-refractivity contribution in [2.75, 3.05) is 0 Å². The van der Waals surface area contributed by atoms with Gasteiger partial charge in [-0.2, -0.15) is 0 Å². The van der Waals surface area contributed by atoms with E-state index >= 15 is 0 Å². The highest BCUT2D eigenvalue weighted by Gasteiger charge is 2.14. The first-order valence-corrected chi connectivity index (χ1v) is 6.33. The zero-order valence-electron chi connectivity index (χ0n) is 11.5. The minimum atomic E-state index is -0.701. The molecule has 0 saturated heterocycles. The molecule has 6 heteroatoms. The van der Waals surface area contributed by atoms with Gasteiger partial charge in [0.1, 0.15) is 0 Å². The van der Waals surface area contributed by atoms with Gasteiger partial charge in [0.2, 0.25) is 0 Å². The summed E-state index contributed by atoms with van der Waals surface area (Å²) < 4.78 is 2.82. The number of rotatable bonds is 6. The number of hydrogen-bond donors (Lipinski definition) is 0. The number of nitrogens with zero attached hydrogens (tertiary/aromatic N) is 3. The molecule has 6 nitrogen and oxygen atoms in total. The summed E-state index contributed by atoms with van der Waals surface area (Å²) in [7, 11) is 0. The van der Waals surface area contributed by atoms with Gasteiger partial charge in [-0.1, -0.05) is 0 Å². The van der Waals surface area contributed by atoms with Crippen molar-refractivity contribution in [1.82, 2.24) is 13.7 Å². The lowest BCUT2D eigenvalue weighted by atomic mass is 10.4. The fourth-order valence-electron chi connectivity index (χ4n) is 1.79. The van der Waals surface area contributed by atoms with E-state index in [0.717, 1.165) is 13.7 Å². The molecule has 0 bridgehead atoms. The third kappa shape index (κ3) is 3.55. The summed E-state index contributed by atoms with van der Waals surface area (Å²) in [6.07, 6.45) is 16.1. The van der Waals surface area contributed by atoms with E-state index in [-0.39, 0.29) is 38.9 Å². The van der Waals surface area contributed by atoms with Crippen LogP contribution in [0.1, 0.15) is 19.3 Å². The van der Waals surface area contributed by atoms with E-state index in [1.165, 1.54) is 0 Å². The molecular weight excluding hydrogens is 270 g/mol. The van der Waals surface area contributed by atoms with Crippen LogP contribution in [0, 0.1) is 37.0 Å². The molecule has 1 rings (SSSR count). The Hall–Kier alpha value is -2.91. The largest absolute Gasteiger partial charge is 0.336 e. The SMILES string of the molecule is C#CCCn1c(=O)n(CCC#C)c(=O)n(CCC#C)c1=O. The summed E-state index contributed by atoms with van der Waals surface area (Å²) in [5, 5.41) is 0. The van der Waals surface area contributed by atoms with Crippen molar-refractivity contribution in [3.05, 3.63) is 31.5 Å². The van der Waals surface area contributed by atoms with Crippen LogP contribution in [0.3, 0.4) is 0 Å². The molecule has 0 aliphatic rings. The second kappa shape index (κ2) is 7.62. The van der Waals surface area contributed by atoms with Gasteiger partial charge in [0.05, 0.1) is 0 Å².